The van der Waals surface area contributed by atoms with E-state index >= 15 is 0 Å². The summed E-state index contributed by atoms with van der Waals surface area (Å²) in [6.45, 7) is 5.23. The molecule has 0 unspecified atom stereocenters. The maximum absolute atomic E-state index is 12.5. The van der Waals surface area contributed by atoms with E-state index in [4.69, 9.17) is 14.2 Å². The number of rotatable bonds is 8. The molecule has 3 N–H and O–H groups in total. The van der Waals surface area contributed by atoms with Gasteiger partial charge in [0.05, 0.1) is 14.2 Å². The molecule has 2 rings (SSSR count). The number of hydrogen-bond donors (Lipinski definition) is 3. The highest BCUT2D eigenvalue weighted by Crippen LogP contribution is 2.22. The molecule has 0 saturated carbocycles. The molecule has 9 nitrogen and oxygen atoms in total. The molecule has 0 heterocycles. The van der Waals surface area contributed by atoms with Gasteiger partial charge in [0.25, 0.3) is 5.91 Å². The second-order valence-corrected chi connectivity index (χ2v) is 7.89. The fourth-order valence-electron chi connectivity index (χ4n) is 2.65. The number of carbonyl (C=O) groups is 3. The Bertz CT molecular complexity index is 946. The first-order valence-electron chi connectivity index (χ1n) is 9.96. The van der Waals surface area contributed by atoms with Crippen molar-refractivity contribution in [2.24, 2.45) is 0 Å². The van der Waals surface area contributed by atoms with E-state index in [9.17, 15) is 14.4 Å². The van der Waals surface area contributed by atoms with Crippen LogP contribution in [0, 0.1) is 0 Å². The van der Waals surface area contributed by atoms with Gasteiger partial charge in [-0.3, -0.25) is 9.59 Å². The van der Waals surface area contributed by atoms with Crippen LogP contribution in [0.25, 0.3) is 0 Å². The van der Waals surface area contributed by atoms with Crippen molar-refractivity contribution < 1.29 is 28.6 Å². The van der Waals surface area contributed by atoms with Crippen LogP contribution >= 0.6 is 0 Å². The Kier molecular flexibility index (Phi) is 8.46. The van der Waals surface area contributed by atoms with Crippen molar-refractivity contribution in [1.29, 1.82) is 0 Å². The molecule has 0 radical (unpaired) electrons. The first-order valence-corrected chi connectivity index (χ1v) is 9.96. The van der Waals surface area contributed by atoms with Crippen LogP contribution in [-0.2, 0) is 16.1 Å². The molecule has 0 saturated heterocycles. The highest BCUT2D eigenvalue weighted by Gasteiger charge is 2.16. The molecule has 2 aromatic carbocycles. The summed E-state index contributed by atoms with van der Waals surface area (Å²) in [6.07, 6.45) is -0.668. The average molecular weight is 444 g/mol. The SMILES string of the molecule is COc1cc(OC)cc(C(=O)NCc2cccc(NC(=O)CNC(=O)OC(C)(C)C)c2)c1. The minimum absolute atomic E-state index is 0.229. The van der Waals surface area contributed by atoms with Gasteiger partial charge in [-0.15, -0.1) is 0 Å². The summed E-state index contributed by atoms with van der Waals surface area (Å²) in [5.41, 5.74) is 1.08. The number of amides is 3. The lowest BCUT2D eigenvalue weighted by molar-refractivity contribution is -0.115. The minimum Gasteiger partial charge on any atom is -0.497 e. The first-order chi connectivity index (χ1) is 15.1. The van der Waals surface area contributed by atoms with E-state index < -0.39 is 17.6 Å². The number of methoxy groups -OCH3 is 2. The number of hydrogen-bond acceptors (Lipinski definition) is 6. The van der Waals surface area contributed by atoms with Crippen molar-refractivity contribution in [3.8, 4) is 11.5 Å². The largest absolute Gasteiger partial charge is 0.497 e. The van der Waals surface area contributed by atoms with Gasteiger partial charge in [-0.2, -0.15) is 0 Å². The van der Waals surface area contributed by atoms with E-state index in [1.165, 1.54) is 14.2 Å². The van der Waals surface area contributed by atoms with Crippen molar-refractivity contribution in [3.63, 3.8) is 0 Å². The van der Waals surface area contributed by atoms with Gasteiger partial charge in [0.1, 0.15) is 23.6 Å². The fourth-order valence-corrected chi connectivity index (χ4v) is 2.65. The summed E-state index contributed by atoms with van der Waals surface area (Å²) >= 11 is 0. The minimum atomic E-state index is -0.668. The van der Waals surface area contributed by atoms with E-state index in [1.807, 2.05) is 6.07 Å². The maximum atomic E-state index is 12.5. The van der Waals surface area contributed by atoms with Crippen LogP contribution in [-0.4, -0.2) is 44.3 Å². The summed E-state index contributed by atoms with van der Waals surface area (Å²) in [6, 6.07) is 11.9. The Morgan fingerprint density at radius 2 is 1.56 bits per heavy atom. The molecular formula is C23H29N3O6. The van der Waals surface area contributed by atoms with Crippen LogP contribution in [0.2, 0.25) is 0 Å². The van der Waals surface area contributed by atoms with Crippen LogP contribution in [0.4, 0.5) is 10.5 Å². The van der Waals surface area contributed by atoms with Crippen molar-refractivity contribution in [2.45, 2.75) is 32.9 Å². The number of benzene rings is 2. The number of alkyl carbamates (subject to hydrolysis) is 1. The molecule has 0 atom stereocenters. The Hall–Kier alpha value is -3.75. The van der Waals surface area contributed by atoms with E-state index in [-0.39, 0.29) is 19.0 Å². The lowest BCUT2D eigenvalue weighted by atomic mass is 10.1. The van der Waals surface area contributed by atoms with Crippen LogP contribution < -0.4 is 25.4 Å². The van der Waals surface area contributed by atoms with E-state index in [1.54, 1.807) is 57.2 Å². The van der Waals surface area contributed by atoms with Crippen LogP contribution in [0.3, 0.4) is 0 Å². The number of nitrogens with one attached hydrogen (secondary N) is 3. The molecular weight excluding hydrogens is 414 g/mol. The van der Waals surface area contributed by atoms with Crippen LogP contribution in [0.5, 0.6) is 11.5 Å². The molecule has 0 spiro atoms. The zero-order chi connectivity index (χ0) is 23.7. The zero-order valence-corrected chi connectivity index (χ0v) is 18.9. The molecule has 0 aliphatic heterocycles. The van der Waals surface area contributed by atoms with Gasteiger partial charge >= 0.3 is 6.09 Å². The standard InChI is InChI=1S/C23H29N3O6/c1-23(2,3)32-22(29)25-14-20(27)26-17-8-6-7-15(9-17)13-24-21(28)16-10-18(30-4)12-19(11-16)31-5/h6-12H,13-14H2,1-5H3,(H,24,28)(H,25,29)(H,26,27). The Morgan fingerprint density at radius 1 is 0.906 bits per heavy atom. The quantitative estimate of drug-likeness (QED) is 0.578. The molecule has 3 amide bonds. The summed E-state index contributed by atoms with van der Waals surface area (Å²) in [5, 5.41) is 7.92. The van der Waals surface area contributed by atoms with Gasteiger partial charge in [0.2, 0.25) is 5.91 Å². The fraction of sp³-hybridized carbons (Fsp3) is 0.348. The number of anilines is 1. The topological polar surface area (TPSA) is 115 Å². The summed E-state index contributed by atoms with van der Waals surface area (Å²) in [4.78, 5) is 36.3. The zero-order valence-electron chi connectivity index (χ0n) is 18.9. The van der Waals surface area contributed by atoms with Crippen molar-refractivity contribution in [2.75, 3.05) is 26.1 Å². The predicted octanol–water partition coefficient (Wildman–Crippen LogP) is 3.10. The molecule has 0 aliphatic rings. The van der Waals surface area contributed by atoms with E-state index in [0.717, 1.165) is 5.56 Å². The lowest BCUT2D eigenvalue weighted by Crippen LogP contribution is -2.37. The average Bonchev–Trinajstić information content (AvgIpc) is 2.74. The van der Waals surface area contributed by atoms with Crippen molar-refractivity contribution >= 4 is 23.6 Å². The third kappa shape index (κ3) is 8.17. The second-order valence-electron chi connectivity index (χ2n) is 7.89. The normalized spacial score (nSPS) is 10.7. The third-order valence-corrected chi connectivity index (χ3v) is 4.07. The molecule has 0 bridgehead atoms. The lowest BCUT2D eigenvalue weighted by Gasteiger charge is -2.19. The molecule has 9 heteroatoms. The summed E-state index contributed by atoms with van der Waals surface area (Å²) in [5.74, 6) is 0.331. The summed E-state index contributed by atoms with van der Waals surface area (Å²) < 4.78 is 15.5. The first kappa shape index (κ1) is 24.5. The Morgan fingerprint density at radius 3 is 2.16 bits per heavy atom. The van der Waals surface area contributed by atoms with Gasteiger partial charge in [-0.25, -0.2) is 4.79 Å². The van der Waals surface area contributed by atoms with Crippen molar-refractivity contribution in [1.82, 2.24) is 10.6 Å². The van der Waals surface area contributed by atoms with E-state index in [2.05, 4.69) is 16.0 Å². The molecule has 32 heavy (non-hydrogen) atoms. The van der Waals surface area contributed by atoms with Gasteiger partial charge < -0.3 is 30.2 Å². The van der Waals surface area contributed by atoms with Crippen LogP contribution in [0.15, 0.2) is 42.5 Å². The summed E-state index contributed by atoms with van der Waals surface area (Å²) in [7, 11) is 3.03. The van der Waals surface area contributed by atoms with Gasteiger partial charge in [-0.05, 0) is 50.6 Å². The van der Waals surface area contributed by atoms with Gasteiger partial charge in [-0.1, -0.05) is 12.1 Å². The smallest absolute Gasteiger partial charge is 0.408 e. The highest BCUT2D eigenvalue weighted by molar-refractivity contribution is 5.95. The predicted molar refractivity (Wildman–Crippen MR) is 120 cm³/mol. The molecule has 172 valence electrons. The Labute approximate surface area is 187 Å². The maximum Gasteiger partial charge on any atom is 0.408 e. The van der Waals surface area contributed by atoms with Gasteiger partial charge in [0.15, 0.2) is 0 Å². The van der Waals surface area contributed by atoms with Crippen LogP contribution in [0.1, 0.15) is 36.7 Å². The monoisotopic (exact) mass is 443 g/mol. The van der Waals surface area contributed by atoms with E-state index in [0.29, 0.717) is 22.7 Å². The molecule has 2 aromatic rings. The highest BCUT2D eigenvalue weighted by atomic mass is 16.6. The Balaban J connectivity index is 1.91. The molecule has 0 aromatic heterocycles. The molecule has 0 aliphatic carbocycles. The molecule has 0 fully saturated rings. The van der Waals surface area contributed by atoms with Gasteiger partial charge in [0, 0.05) is 23.9 Å². The third-order valence-electron chi connectivity index (χ3n) is 4.07. The second kappa shape index (κ2) is 11.0. The number of ether oxygens (including phenoxy) is 3. The number of carbonyl (C=O) groups excluding carboxylic acids is 3. The van der Waals surface area contributed by atoms with Crippen molar-refractivity contribution in [3.05, 3.63) is 53.6 Å².